The van der Waals surface area contributed by atoms with Crippen molar-refractivity contribution in [3.8, 4) is 12.3 Å². The summed E-state index contributed by atoms with van der Waals surface area (Å²) in [6.07, 6.45) is 7.07. The smallest absolute Gasteiger partial charge is 0.271 e. The fraction of sp³-hybridized carbons (Fsp3) is 0.417. The Kier molecular flexibility index (Phi) is 3.56. The van der Waals surface area contributed by atoms with Crippen LogP contribution >= 0.6 is 0 Å². The number of carbonyl (C=O) groups excluding carboxylic acids is 1. The molecule has 0 spiro atoms. The molecular weight excluding hydrogens is 188 g/mol. The Morgan fingerprint density at radius 2 is 2.33 bits per heavy atom. The normalized spacial score (nSPS) is 10.1. The summed E-state index contributed by atoms with van der Waals surface area (Å²) in [5.74, 6) is 2.42. The molecule has 0 bridgehead atoms. The van der Waals surface area contributed by atoms with Gasteiger partial charge in [-0.1, -0.05) is 5.92 Å². The van der Waals surface area contributed by atoms with Crippen LogP contribution in [0.4, 0.5) is 0 Å². The van der Waals surface area contributed by atoms with Crippen LogP contribution in [0.3, 0.4) is 0 Å². The second-order valence-corrected chi connectivity index (χ2v) is 3.76. The Hall–Kier alpha value is -1.69. The van der Waals surface area contributed by atoms with Crippen LogP contribution in [0.15, 0.2) is 18.3 Å². The molecule has 15 heavy (non-hydrogen) atoms. The average molecular weight is 204 g/mol. The average Bonchev–Trinajstić information content (AvgIpc) is 2.65. The fourth-order valence-electron chi connectivity index (χ4n) is 1.43. The molecule has 0 atom stereocenters. The SMILES string of the molecule is C#CCN(C)C(=O)c1cccn1C(C)C. The van der Waals surface area contributed by atoms with Crippen molar-refractivity contribution in [1.82, 2.24) is 9.47 Å². The molecule has 3 nitrogen and oxygen atoms in total. The largest absolute Gasteiger partial charge is 0.341 e. The molecule has 1 amide bonds. The molecule has 0 aliphatic rings. The first-order chi connectivity index (χ1) is 7.07. The molecule has 1 rings (SSSR count). The van der Waals surface area contributed by atoms with Gasteiger partial charge in [-0.2, -0.15) is 0 Å². The van der Waals surface area contributed by atoms with Crippen LogP contribution in [0.2, 0.25) is 0 Å². The van der Waals surface area contributed by atoms with E-state index in [1.54, 1.807) is 7.05 Å². The highest BCUT2D eigenvalue weighted by atomic mass is 16.2. The third-order valence-corrected chi connectivity index (χ3v) is 2.23. The van der Waals surface area contributed by atoms with Gasteiger partial charge in [0, 0.05) is 19.3 Å². The monoisotopic (exact) mass is 204 g/mol. The first-order valence-electron chi connectivity index (χ1n) is 4.93. The number of carbonyl (C=O) groups is 1. The standard InChI is InChI=1S/C12H16N2O/c1-5-8-13(4)12(15)11-7-6-9-14(11)10(2)3/h1,6-7,9-10H,8H2,2-4H3. The molecule has 80 valence electrons. The number of hydrogen-bond donors (Lipinski definition) is 0. The van der Waals surface area contributed by atoms with E-state index < -0.39 is 0 Å². The van der Waals surface area contributed by atoms with Gasteiger partial charge in [-0.15, -0.1) is 6.42 Å². The quantitative estimate of drug-likeness (QED) is 0.689. The molecule has 0 fully saturated rings. The first-order valence-corrected chi connectivity index (χ1v) is 4.93. The number of aromatic nitrogens is 1. The lowest BCUT2D eigenvalue weighted by molar-refractivity contribution is 0.0800. The summed E-state index contributed by atoms with van der Waals surface area (Å²) in [5, 5.41) is 0. The Labute approximate surface area is 90.7 Å². The van der Waals surface area contributed by atoms with E-state index in [0.29, 0.717) is 12.2 Å². The minimum absolute atomic E-state index is 0.0355. The van der Waals surface area contributed by atoms with E-state index in [9.17, 15) is 4.79 Å². The molecule has 0 radical (unpaired) electrons. The summed E-state index contributed by atoms with van der Waals surface area (Å²) < 4.78 is 1.94. The van der Waals surface area contributed by atoms with E-state index in [-0.39, 0.29) is 11.9 Å². The van der Waals surface area contributed by atoms with Crippen molar-refractivity contribution in [3.63, 3.8) is 0 Å². The third kappa shape index (κ3) is 2.41. The van der Waals surface area contributed by atoms with Crippen molar-refractivity contribution in [2.24, 2.45) is 0 Å². The molecule has 0 saturated heterocycles. The Bertz CT molecular complexity index is 385. The van der Waals surface area contributed by atoms with Crippen molar-refractivity contribution < 1.29 is 4.79 Å². The van der Waals surface area contributed by atoms with Gasteiger partial charge in [0.1, 0.15) is 5.69 Å². The topological polar surface area (TPSA) is 25.2 Å². The number of nitrogens with zero attached hydrogens (tertiary/aromatic N) is 2. The summed E-state index contributed by atoms with van der Waals surface area (Å²) in [5.41, 5.74) is 0.683. The van der Waals surface area contributed by atoms with E-state index in [1.807, 2.05) is 36.7 Å². The lowest BCUT2D eigenvalue weighted by Gasteiger charge is -2.17. The second kappa shape index (κ2) is 4.70. The minimum Gasteiger partial charge on any atom is -0.341 e. The lowest BCUT2D eigenvalue weighted by Crippen LogP contribution is -2.29. The van der Waals surface area contributed by atoms with Crippen molar-refractivity contribution in [2.75, 3.05) is 13.6 Å². The van der Waals surface area contributed by atoms with Gasteiger partial charge in [-0.05, 0) is 26.0 Å². The van der Waals surface area contributed by atoms with Gasteiger partial charge in [0.15, 0.2) is 0 Å². The zero-order chi connectivity index (χ0) is 11.4. The van der Waals surface area contributed by atoms with Gasteiger partial charge in [-0.3, -0.25) is 4.79 Å². The lowest BCUT2D eigenvalue weighted by atomic mass is 10.3. The number of hydrogen-bond acceptors (Lipinski definition) is 1. The van der Waals surface area contributed by atoms with Gasteiger partial charge in [0.2, 0.25) is 0 Å². The molecule has 0 aliphatic heterocycles. The van der Waals surface area contributed by atoms with Crippen molar-refractivity contribution in [2.45, 2.75) is 19.9 Å². The zero-order valence-corrected chi connectivity index (χ0v) is 9.40. The third-order valence-electron chi connectivity index (χ3n) is 2.23. The number of terminal acetylenes is 1. The molecule has 3 heteroatoms. The molecule has 1 heterocycles. The van der Waals surface area contributed by atoms with Crippen LogP contribution in [0.1, 0.15) is 30.4 Å². The van der Waals surface area contributed by atoms with E-state index in [1.165, 1.54) is 4.90 Å². The van der Waals surface area contributed by atoms with E-state index >= 15 is 0 Å². The van der Waals surface area contributed by atoms with Crippen molar-refractivity contribution in [3.05, 3.63) is 24.0 Å². The summed E-state index contributed by atoms with van der Waals surface area (Å²) in [4.78, 5) is 13.5. The highest BCUT2D eigenvalue weighted by molar-refractivity contribution is 5.92. The van der Waals surface area contributed by atoms with E-state index in [2.05, 4.69) is 5.92 Å². The maximum Gasteiger partial charge on any atom is 0.271 e. The Morgan fingerprint density at radius 3 is 2.87 bits per heavy atom. The summed E-state index contributed by atoms with van der Waals surface area (Å²) >= 11 is 0. The fourth-order valence-corrected chi connectivity index (χ4v) is 1.43. The van der Waals surface area contributed by atoms with Crippen LogP contribution in [-0.4, -0.2) is 29.0 Å². The van der Waals surface area contributed by atoms with Gasteiger partial charge < -0.3 is 9.47 Å². The molecule has 0 unspecified atom stereocenters. The highest BCUT2D eigenvalue weighted by Gasteiger charge is 2.15. The molecule has 1 aromatic rings. The summed E-state index contributed by atoms with van der Waals surface area (Å²) in [6, 6.07) is 3.96. The second-order valence-electron chi connectivity index (χ2n) is 3.76. The highest BCUT2D eigenvalue weighted by Crippen LogP contribution is 2.12. The van der Waals surface area contributed by atoms with Gasteiger partial charge >= 0.3 is 0 Å². The number of rotatable bonds is 3. The van der Waals surface area contributed by atoms with Crippen molar-refractivity contribution >= 4 is 5.91 Å². The van der Waals surface area contributed by atoms with Crippen molar-refractivity contribution in [1.29, 1.82) is 0 Å². The van der Waals surface area contributed by atoms with Gasteiger partial charge in [-0.25, -0.2) is 0 Å². The number of amides is 1. The molecule has 0 aromatic carbocycles. The maximum atomic E-state index is 11.9. The summed E-state index contributed by atoms with van der Waals surface area (Å²) in [6.45, 7) is 4.41. The maximum absolute atomic E-state index is 11.9. The Morgan fingerprint density at radius 1 is 1.67 bits per heavy atom. The summed E-state index contributed by atoms with van der Waals surface area (Å²) in [7, 11) is 1.71. The molecule has 0 N–H and O–H groups in total. The van der Waals surface area contributed by atoms with Gasteiger partial charge in [0.05, 0.1) is 6.54 Å². The minimum atomic E-state index is -0.0355. The molecular formula is C12H16N2O. The van der Waals surface area contributed by atoms with Crippen LogP contribution in [0, 0.1) is 12.3 Å². The predicted octanol–water partition coefficient (Wildman–Crippen LogP) is 1.77. The molecule has 1 aromatic heterocycles. The van der Waals surface area contributed by atoms with Crippen LogP contribution in [0.25, 0.3) is 0 Å². The van der Waals surface area contributed by atoms with Crippen LogP contribution < -0.4 is 0 Å². The molecule has 0 aliphatic carbocycles. The predicted molar refractivity (Wildman–Crippen MR) is 60.6 cm³/mol. The Balaban J connectivity index is 2.92. The van der Waals surface area contributed by atoms with E-state index in [0.717, 1.165) is 0 Å². The van der Waals surface area contributed by atoms with E-state index in [4.69, 9.17) is 6.42 Å². The zero-order valence-electron chi connectivity index (χ0n) is 9.40. The van der Waals surface area contributed by atoms with Crippen LogP contribution in [0.5, 0.6) is 0 Å². The molecule has 0 saturated carbocycles. The first kappa shape index (κ1) is 11.4. The van der Waals surface area contributed by atoms with Gasteiger partial charge in [0.25, 0.3) is 5.91 Å². The van der Waals surface area contributed by atoms with Crippen LogP contribution in [-0.2, 0) is 0 Å².